The Bertz CT molecular complexity index is 567. The number of benzene rings is 1. The summed E-state index contributed by atoms with van der Waals surface area (Å²) in [6.45, 7) is 0.212. The van der Waals surface area contributed by atoms with Crippen LogP contribution in [0, 0.1) is 5.82 Å². The van der Waals surface area contributed by atoms with Gasteiger partial charge in [0, 0.05) is 5.56 Å². The molecule has 1 aromatic heterocycles. The van der Waals surface area contributed by atoms with Gasteiger partial charge in [0.25, 0.3) is 0 Å². The van der Waals surface area contributed by atoms with E-state index in [0.29, 0.717) is 5.56 Å². The van der Waals surface area contributed by atoms with E-state index in [1.807, 2.05) is 18.5 Å². The molecule has 0 fully saturated rings. The van der Waals surface area contributed by atoms with Crippen molar-refractivity contribution >= 4 is 54.6 Å². The molecule has 2 aromatic rings. The van der Waals surface area contributed by atoms with Gasteiger partial charge in [-0.1, -0.05) is 0 Å². The van der Waals surface area contributed by atoms with Gasteiger partial charge in [0.05, 0.1) is 8.95 Å². The molecule has 0 aliphatic rings. The minimum Gasteiger partial charge on any atom is -0.287 e. The van der Waals surface area contributed by atoms with E-state index in [1.54, 1.807) is 4.57 Å². The molecule has 0 saturated carbocycles. The van der Waals surface area contributed by atoms with Gasteiger partial charge in [0.15, 0.2) is 12.4 Å². The molecule has 1 aromatic carbocycles. The van der Waals surface area contributed by atoms with E-state index in [1.165, 1.54) is 24.3 Å². The molecular formula is C13H10Br3FNO+. The van der Waals surface area contributed by atoms with E-state index < -0.39 is 0 Å². The molecule has 0 saturated heterocycles. The summed E-state index contributed by atoms with van der Waals surface area (Å²) >= 11 is 6.71. The Balaban J connectivity index is 0.00000180. The molecule has 0 N–H and O–H groups in total. The van der Waals surface area contributed by atoms with Gasteiger partial charge in [-0.25, -0.2) is 4.39 Å². The third-order valence-electron chi connectivity index (χ3n) is 2.35. The fourth-order valence-electron chi connectivity index (χ4n) is 1.54. The Kier molecular flexibility index (Phi) is 6.29. The topological polar surface area (TPSA) is 20.9 Å². The lowest BCUT2D eigenvalue weighted by Crippen LogP contribution is -2.37. The number of pyridine rings is 1. The molecule has 0 aliphatic carbocycles. The van der Waals surface area contributed by atoms with Crippen molar-refractivity contribution in [3.05, 3.63) is 63.1 Å². The summed E-state index contributed by atoms with van der Waals surface area (Å²) in [7, 11) is 0. The zero-order valence-electron chi connectivity index (χ0n) is 9.65. The Morgan fingerprint density at radius 1 is 1.11 bits per heavy atom. The second kappa shape index (κ2) is 7.26. The number of halogens is 4. The fourth-order valence-corrected chi connectivity index (χ4v) is 2.87. The molecule has 0 bridgehead atoms. The molecule has 6 heteroatoms. The summed E-state index contributed by atoms with van der Waals surface area (Å²) in [6, 6.07) is 7.44. The van der Waals surface area contributed by atoms with Crippen molar-refractivity contribution < 1.29 is 13.8 Å². The molecule has 0 aliphatic heterocycles. The van der Waals surface area contributed by atoms with Crippen LogP contribution in [-0.2, 0) is 6.54 Å². The van der Waals surface area contributed by atoms with Crippen LogP contribution >= 0.6 is 48.8 Å². The maximum Gasteiger partial charge on any atom is 0.227 e. The highest BCUT2D eigenvalue weighted by Crippen LogP contribution is 2.13. The summed E-state index contributed by atoms with van der Waals surface area (Å²) in [5, 5.41) is 0. The molecule has 0 radical (unpaired) electrons. The summed E-state index contributed by atoms with van der Waals surface area (Å²) < 4.78 is 16.3. The first-order valence-electron chi connectivity index (χ1n) is 5.18. The molecule has 0 spiro atoms. The number of nitrogens with zero attached hydrogens (tertiary/aromatic N) is 1. The first kappa shape index (κ1) is 16.5. The zero-order valence-corrected chi connectivity index (χ0v) is 14.5. The molecule has 100 valence electrons. The van der Waals surface area contributed by atoms with Gasteiger partial charge in [-0.3, -0.25) is 4.79 Å². The van der Waals surface area contributed by atoms with Crippen molar-refractivity contribution in [2.24, 2.45) is 0 Å². The monoisotopic (exact) mass is 452 g/mol. The molecule has 1 heterocycles. The van der Waals surface area contributed by atoms with Crippen molar-refractivity contribution in [2.45, 2.75) is 6.54 Å². The van der Waals surface area contributed by atoms with E-state index in [0.717, 1.165) is 8.95 Å². The van der Waals surface area contributed by atoms with Gasteiger partial charge in [-0.15, -0.1) is 17.0 Å². The van der Waals surface area contributed by atoms with Crippen LogP contribution in [0.15, 0.2) is 51.7 Å². The first-order valence-corrected chi connectivity index (χ1v) is 6.77. The number of aromatic nitrogens is 1. The summed E-state index contributed by atoms with van der Waals surface area (Å²) in [5.74, 6) is -0.408. The van der Waals surface area contributed by atoms with Crippen LogP contribution < -0.4 is 4.57 Å². The van der Waals surface area contributed by atoms with Crippen LogP contribution in [0.2, 0.25) is 0 Å². The SMILES string of the molecule is Br.O=C(C[n+]1cc(Br)cc(Br)c1)c1ccc(F)cc1. The lowest BCUT2D eigenvalue weighted by atomic mass is 10.1. The highest BCUT2D eigenvalue weighted by Gasteiger charge is 2.13. The van der Waals surface area contributed by atoms with Gasteiger partial charge in [-0.05, 0) is 62.2 Å². The van der Waals surface area contributed by atoms with Crippen LogP contribution in [0.3, 0.4) is 0 Å². The first-order chi connectivity index (χ1) is 8.54. The van der Waals surface area contributed by atoms with Gasteiger partial charge < -0.3 is 0 Å². The normalized spacial score (nSPS) is 9.84. The molecule has 19 heavy (non-hydrogen) atoms. The fraction of sp³-hybridized carbons (Fsp3) is 0.0769. The predicted molar refractivity (Wildman–Crippen MR) is 83.1 cm³/mol. The van der Waals surface area contributed by atoms with E-state index in [9.17, 15) is 9.18 Å². The highest BCUT2D eigenvalue weighted by molar-refractivity contribution is 9.11. The van der Waals surface area contributed by atoms with Crippen LogP contribution in [0.4, 0.5) is 4.39 Å². The number of ketones is 1. The second-order valence-electron chi connectivity index (χ2n) is 3.77. The molecule has 2 rings (SSSR count). The summed E-state index contributed by atoms with van der Waals surface area (Å²) in [6.07, 6.45) is 3.62. The van der Waals surface area contributed by atoms with Crippen LogP contribution in [0.1, 0.15) is 10.4 Å². The molecule has 0 amide bonds. The lowest BCUT2D eigenvalue weighted by Gasteiger charge is -1.99. The summed E-state index contributed by atoms with van der Waals surface area (Å²) in [4.78, 5) is 12.0. The van der Waals surface area contributed by atoms with E-state index in [2.05, 4.69) is 31.9 Å². The van der Waals surface area contributed by atoms with Crippen LogP contribution in [-0.4, -0.2) is 5.78 Å². The Labute approximate surface area is 137 Å². The minimum atomic E-state index is -0.343. The number of hydrogen-bond acceptors (Lipinski definition) is 1. The third-order valence-corrected chi connectivity index (χ3v) is 3.21. The van der Waals surface area contributed by atoms with Crippen molar-refractivity contribution in [3.63, 3.8) is 0 Å². The van der Waals surface area contributed by atoms with Crippen molar-refractivity contribution in [2.75, 3.05) is 0 Å². The van der Waals surface area contributed by atoms with Gasteiger partial charge in [0.1, 0.15) is 5.82 Å². The zero-order chi connectivity index (χ0) is 13.1. The maximum atomic E-state index is 12.8. The van der Waals surface area contributed by atoms with Crippen molar-refractivity contribution in [3.8, 4) is 0 Å². The Hall–Kier alpha value is -0.590. The highest BCUT2D eigenvalue weighted by atomic mass is 79.9. The Morgan fingerprint density at radius 3 is 2.16 bits per heavy atom. The molecular weight excluding hydrogens is 445 g/mol. The second-order valence-corrected chi connectivity index (χ2v) is 5.61. The average molecular weight is 455 g/mol. The standard InChI is InChI=1S/C13H9Br2FNO.BrH/c14-10-5-11(15)7-17(6-10)8-13(18)9-1-3-12(16)4-2-9;/h1-7H,8H2;1H/q+1;. The van der Waals surface area contributed by atoms with E-state index in [-0.39, 0.29) is 35.1 Å². The molecule has 2 nitrogen and oxygen atoms in total. The molecule has 0 unspecified atom stereocenters. The number of carbonyl (C=O) groups is 1. The summed E-state index contributed by atoms with van der Waals surface area (Å²) in [5.41, 5.74) is 0.500. The van der Waals surface area contributed by atoms with Gasteiger partial charge in [-0.2, -0.15) is 4.57 Å². The number of Topliss-reactive ketones (excluding diaryl/α,β-unsaturated/α-hetero) is 1. The molecule has 0 atom stereocenters. The maximum absolute atomic E-state index is 12.8. The van der Waals surface area contributed by atoms with Crippen LogP contribution in [0.25, 0.3) is 0 Å². The van der Waals surface area contributed by atoms with E-state index in [4.69, 9.17) is 0 Å². The minimum absolute atomic E-state index is 0. The quantitative estimate of drug-likeness (QED) is 0.505. The lowest BCUT2D eigenvalue weighted by molar-refractivity contribution is -0.684. The third kappa shape index (κ3) is 4.78. The van der Waals surface area contributed by atoms with E-state index >= 15 is 0 Å². The Morgan fingerprint density at radius 2 is 1.63 bits per heavy atom. The predicted octanol–water partition coefficient (Wildman–Crippen LogP) is 4.10. The van der Waals surface area contributed by atoms with Crippen molar-refractivity contribution in [1.82, 2.24) is 0 Å². The van der Waals surface area contributed by atoms with Gasteiger partial charge in [0.2, 0.25) is 12.3 Å². The number of rotatable bonds is 3. The largest absolute Gasteiger partial charge is 0.287 e. The number of carbonyl (C=O) groups excluding carboxylic acids is 1. The van der Waals surface area contributed by atoms with Crippen molar-refractivity contribution in [1.29, 1.82) is 0 Å². The van der Waals surface area contributed by atoms with Gasteiger partial charge >= 0.3 is 0 Å². The average Bonchev–Trinajstić information content (AvgIpc) is 2.28. The van der Waals surface area contributed by atoms with Crippen LogP contribution in [0.5, 0.6) is 0 Å². The number of hydrogen-bond donors (Lipinski definition) is 0. The smallest absolute Gasteiger partial charge is 0.227 e.